The lowest BCUT2D eigenvalue weighted by molar-refractivity contribution is -0.137. The third-order valence-electron chi connectivity index (χ3n) is 3.36. The van der Waals surface area contributed by atoms with E-state index in [4.69, 9.17) is 4.42 Å². The van der Waals surface area contributed by atoms with E-state index < -0.39 is 17.6 Å². The van der Waals surface area contributed by atoms with E-state index in [0.717, 1.165) is 12.1 Å². The zero-order chi connectivity index (χ0) is 18.6. The predicted octanol–water partition coefficient (Wildman–Crippen LogP) is 3.76. The van der Waals surface area contributed by atoms with E-state index in [1.807, 2.05) is 0 Å². The van der Waals surface area contributed by atoms with Crippen molar-refractivity contribution in [3.05, 3.63) is 71.8 Å². The Balaban J connectivity index is 1.63. The number of rotatable bonds is 5. The van der Waals surface area contributed by atoms with Crippen LogP contribution >= 0.6 is 0 Å². The predicted molar refractivity (Wildman–Crippen MR) is 86.6 cm³/mol. The average molecular weight is 362 g/mol. The molecule has 9 heteroatoms. The summed E-state index contributed by atoms with van der Waals surface area (Å²) in [6.07, 6.45) is -2.94. The summed E-state index contributed by atoms with van der Waals surface area (Å²) in [4.78, 5) is 12.0. The van der Waals surface area contributed by atoms with Gasteiger partial charge in [0.25, 0.3) is 5.91 Å². The van der Waals surface area contributed by atoms with Crippen molar-refractivity contribution in [3.63, 3.8) is 0 Å². The maximum Gasteiger partial charge on any atom is 0.416 e. The van der Waals surface area contributed by atoms with Crippen LogP contribution < -0.4 is 10.6 Å². The molecule has 6 nitrogen and oxygen atoms in total. The molecule has 1 aromatic carbocycles. The molecule has 1 amide bonds. The van der Waals surface area contributed by atoms with Crippen LogP contribution in [0.3, 0.4) is 0 Å². The van der Waals surface area contributed by atoms with Gasteiger partial charge in [-0.25, -0.2) is 0 Å². The molecule has 3 rings (SSSR count). The minimum atomic E-state index is -4.43. The van der Waals surface area contributed by atoms with Crippen molar-refractivity contribution in [2.45, 2.75) is 12.7 Å². The first-order valence-corrected chi connectivity index (χ1v) is 7.50. The molecule has 134 valence electrons. The third-order valence-corrected chi connectivity index (χ3v) is 3.36. The summed E-state index contributed by atoms with van der Waals surface area (Å²) in [5.41, 5.74) is -0.486. The summed E-state index contributed by atoms with van der Waals surface area (Å²) >= 11 is 0. The Morgan fingerprint density at radius 2 is 1.92 bits per heavy atom. The first-order chi connectivity index (χ1) is 12.4. The molecule has 0 unspecified atom stereocenters. The van der Waals surface area contributed by atoms with Crippen LogP contribution in [0.1, 0.15) is 21.8 Å². The van der Waals surface area contributed by atoms with E-state index in [9.17, 15) is 18.0 Å². The van der Waals surface area contributed by atoms with Gasteiger partial charge in [0.2, 0.25) is 0 Å². The molecule has 2 aromatic heterocycles. The van der Waals surface area contributed by atoms with Crippen molar-refractivity contribution in [2.24, 2.45) is 0 Å². The standard InChI is InChI=1S/C17H13F3N4O2/c18-17(19,20)11-3-1-4-12(9-11)22-15-7-6-14(23-24-15)16(25)21-10-13-5-2-8-26-13/h1-9H,10H2,(H,21,25)(H,22,24). The SMILES string of the molecule is O=C(NCc1ccco1)c1ccc(Nc2cccc(C(F)(F)F)c2)nn1. The van der Waals surface area contributed by atoms with Gasteiger partial charge in [-0.2, -0.15) is 13.2 Å². The fraction of sp³-hybridized carbons (Fsp3) is 0.118. The number of carbonyl (C=O) groups excluding carboxylic acids is 1. The van der Waals surface area contributed by atoms with Crippen LogP contribution in [0, 0.1) is 0 Å². The smallest absolute Gasteiger partial charge is 0.416 e. The van der Waals surface area contributed by atoms with Crippen LogP contribution in [0.25, 0.3) is 0 Å². The van der Waals surface area contributed by atoms with Crippen molar-refractivity contribution in [1.29, 1.82) is 0 Å². The number of anilines is 2. The second kappa shape index (κ2) is 7.26. The maximum atomic E-state index is 12.7. The molecule has 0 spiro atoms. The molecule has 0 aliphatic carbocycles. The summed E-state index contributed by atoms with van der Waals surface area (Å²) < 4.78 is 43.2. The van der Waals surface area contributed by atoms with Gasteiger partial charge in [-0.05, 0) is 42.5 Å². The Morgan fingerprint density at radius 1 is 1.08 bits per heavy atom. The lowest BCUT2D eigenvalue weighted by atomic mass is 10.2. The number of amides is 1. The summed E-state index contributed by atoms with van der Waals surface area (Å²) in [7, 11) is 0. The minimum absolute atomic E-state index is 0.0751. The molecule has 0 bridgehead atoms. The largest absolute Gasteiger partial charge is 0.467 e. The van der Waals surface area contributed by atoms with E-state index >= 15 is 0 Å². The van der Waals surface area contributed by atoms with Crippen LogP contribution in [-0.2, 0) is 12.7 Å². The number of aromatic nitrogens is 2. The highest BCUT2D eigenvalue weighted by molar-refractivity contribution is 5.92. The van der Waals surface area contributed by atoms with E-state index in [1.165, 1.54) is 30.5 Å². The van der Waals surface area contributed by atoms with Crippen molar-refractivity contribution in [1.82, 2.24) is 15.5 Å². The molecule has 0 aliphatic rings. The maximum absolute atomic E-state index is 12.7. The van der Waals surface area contributed by atoms with Crippen LogP contribution in [0.2, 0.25) is 0 Å². The van der Waals surface area contributed by atoms with Gasteiger partial charge >= 0.3 is 6.18 Å². The Bertz CT molecular complexity index is 878. The third kappa shape index (κ3) is 4.38. The monoisotopic (exact) mass is 362 g/mol. The first kappa shape index (κ1) is 17.5. The van der Waals surface area contributed by atoms with Gasteiger partial charge in [0, 0.05) is 5.69 Å². The molecule has 0 fully saturated rings. The van der Waals surface area contributed by atoms with Gasteiger partial charge in [-0.1, -0.05) is 6.07 Å². The summed E-state index contributed by atoms with van der Waals surface area (Å²) in [5.74, 6) is 0.362. The second-order valence-electron chi connectivity index (χ2n) is 5.27. The molecule has 0 radical (unpaired) electrons. The molecule has 26 heavy (non-hydrogen) atoms. The Labute approximate surface area is 146 Å². The van der Waals surface area contributed by atoms with Gasteiger partial charge in [-0.15, -0.1) is 10.2 Å². The van der Waals surface area contributed by atoms with E-state index in [-0.39, 0.29) is 23.7 Å². The average Bonchev–Trinajstić information content (AvgIpc) is 3.13. The summed E-state index contributed by atoms with van der Waals surface area (Å²) in [6, 6.07) is 11.0. The topological polar surface area (TPSA) is 80.0 Å². The number of benzene rings is 1. The number of hydrogen-bond acceptors (Lipinski definition) is 5. The van der Waals surface area contributed by atoms with E-state index in [1.54, 1.807) is 12.1 Å². The lowest BCUT2D eigenvalue weighted by Crippen LogP contribution is -2.23. The highest BCUT2D eigenvalue weighted by atomic mass is 19.4. The molecule has 2 heterocycles. The summed E-state index contributed by atoms with van der Waals surface area (Å²) in [5, 5.41) is 12.9. The zero-order valence-electron chi connectivity index (χ0n) is 13.2. The molecule has 2 N–H and O–H groups in total. The molecular weight excluding hydrogens is 349 g/mol. The zero-order valence-corrected chi connectivity index (χ0v) is 13.2. The molecule has 0 saturated carbocycles. The van der Waals surface area contributed by atoms with Gasteiger partial charge < -0.3 is 15.1 Å². The van der Waals surface area contributed by atoms with Gasteiger partial charge in [-0.3, -0.25) is 4.79 Å². The highest BCUT2D eigenvalue weighted by Gasteiger charge is 2.30. The van der Waals surface area contributed by atoms with Crippen molar-refractivity contribution in [2.75, 3.05) is 5.32 Å². The fourth-order valence-corrected chi connectivity index (χ4v) is 2.11. The second-order valence-corrected chi connectivity index (χ2v) is 5.27. The summed E-state index contributed by atoms with van der Waals surface area (Å²) in [6.45, 7) is 0.206. The number of carbonyl (C=O) groups is 1. The highest BCUT2D eigenvalue weighted by Crippen LogP contribution is 2.31. The van der Waals surface area contributed by atoms with Crippen molar-refractivity contribution in [3.8, 4) is 0 Å². The number of furan rings is 1. The van der Waals surface area contributed by atoms with E-state index in [2.05, 4.69) is 20.8 Å². The van der Waals surface area contributed by atoms with E-state index in [0.29, 0.717) is 5.76 Å². The molecular formula is C17H13F3N4O2. The minimum Gasteiger partial charge on any atom is -0.467 e. The number of alkyl halides is 3. The Hall–Kier alpha value is -3.36. The number of halogens is 3. The van der Waals surface area contributed by atoms with Gasteiger partial charge in [0.05, 0.1) is 18.4 Å². The number of hydrogen-bond donors (Lipinski definition) is 2. The molecule has 0 saturated heterocycles. The Morgan fingerprint density at radius 3 is 2.58 bits per heavy atom. The first-order valence-electron chi connectivity index (χ1n) is 7.50. The number of nitrogens with zero attached hydrogens (tertiary/aromatic N) is 2. The van der Waals surface area contributed by atoms with Gasteiger partial charge in [0.1, 0.15) is 5.76 Å². The molecule has 0 atom stereocenters. The van der Waals surface area contributed by atoms with Crippen LogP contribution in [0.5, 0.6) is 0 Å². The van der Waals surface area contributed by atoms with Crippen molar-refractivity contribution < 1.29 is 22.4 Å². The number of nitrogens with one attached hydrogen (secondary N) is 2. The molecule has 3 aromatic rings. The Kier molecular flexibility index (Phi) is 4.87. The van der Waals surface area contributed by atoms with Crippen LogP contribution in [-0.4, -0.2) is 16.1 Å². The van der Waals surface area contributed by atoms with Crippen molar-refractivity contribution >= 4 is 17.4 Å². The van der Waals surface area contributed by atoms with Gasteiger partial charge in [0.15, 0.2) is 11.5 Å². The molecule has 0 aliphatic heterocycles. The van der Waals surface area contributed by atoms with Crippen LogP contribution in [0.4, 0.5) is 24.7 Å². The van der Waals surface area contributed by atoms with Crippen LogP contribution in [0.15, 0.2) is 59.2 Å². The quantitative estimate of drug-likeness (QED) is 0.722. The fourth-order valence-electron chi connectivity index (χ4n) is 2.11. The lowest BCUT2D eigenvalue weighted by Gasteiger charge is -2.10. The normalized spacial score (nSPS) is 11.2.